The number of sulfone groups is 1. The molecule has 0 saturated heterocycles. The Morgan fingerprint density at radius 2 is 1.81 bits per heavy atom. The minimum absolute atomic E-state index is 0.0727. The standard InChI is InChI=1S/C24H28N4O2S/c1-24(2,3)23-27-21-13-19(31(29,30)20-10-9-18(14-25)26-15-20)11-12-22(21)28(23)16-17-7-5-4-6-8-17/h9-13,15,17H,4-8,16H2,1-3H3. The molecule has 0 unspecified atom stereocenters. The molecule has 7 heteroatoms. The maximum Gasteiger partial charge on any atom is 0.208 e. The number of hydrogen-bond acceptors (Lipinski definition) is 5. The summed E-state index contributed by atoms with van der Waals surface area (Å²) in [5.41, 5.74) is 1.71. The van der Waals surface area contributed by atoms with Crippen molar-refractivity contribution < 1.29 is 8.42 Å². The summed E-state index contributed by atoms with van der Waals surface area (Å²) in [6.07, 6.45) is 7.59. The van der Waals surface area contributed by atoms with E-state index in [0.717, 1.165) is 17.9 Å². The van der Waals surface area contributed by atoms with Crippen LogP contribution in [0, 0.1) is 17.2 Å². The average molecular weight is 437 g/mol. The summed E-state index contributed by atoms with van der Waals surface area (Å²) in [4.78, 5) is 9.05. The van der Waals surface area contributed by atoms with Crippen molar-refractivity contribution in [1.29, 1.82) is 5.26 Å². The molecule has 2 heterocycles. The summed E-state index contributed by atoms with van der Waals surface area (Å²) in [5.74, 6) is 1.63. The number of nitrogens with zero attached hydrogens (tertiary/aromatic N) is 4. The first-order valence-electron chi connectivity index (χ1n) is 10.8. The Hall–Kier alpha value is -2.72. The van der Waals surface area contributed by atoms with E-state index in [2.05, 4.69) is 30.3 Å². The number of pyridine rings is 1. The van der Waals surface area contributed by atoms with E-state index < -0.39 is 9.84 Å². The van der Waals surface area contributed by atoms with Gasteiger partial charge in [0.1, 0.15) is 17.6 Å². The van der Waals surface area contributed by atoms with Gasteiger partial charge in [0.15, 0.2) is 0 Å². The van der Waals surface area contributed by atoms with Gasteiger partial charge in [0.05, 0.1) is 20.8 Å². The number of rotatable bonds is 4. The zero-order valence-corrected chi connectivity index (χ0v) is 19.1. The number of nitriles is 1. The van der Waals surface area contributed by atoms with Crippen molar-refractivity contribution in [3.63, 3.8) is 0 Å². The van der Waals surface area contributed by atoms with Gasteiger partial charge in [0.25, 0.3) is 0 Å². The molecule has 1 aromatic carbocycles. The highest BCUT2D eigenvalue weighted by Gasteiger charge is 2.27. The van der Waals surface area contributed by atoms with Crippen LogP contribution < -0.4 is 0 Å². The lowest BCUT2D eigenvalue weighted by atomic mass is 9.88. The predicted octanol–water partition coefficient (Wildman–Crippen LogP) is 5.01. The van der Waals surface area contributed by atoms with Gasteiger partial charge in [-0.25, -0.2) is 18.4 Å². The summed E-state index contributed by atoms with van der Waals surface area (Å²) < 4.78 is 28.5. The molecule has 0 amide bonds. The second-order valence-electron chi connectivity index (χ2n) is 9.44. The molecular weight excluding hydrogens is 408 g/mol. The molecule has 2 aromatic heterocycles. The van der Waals surface area contributed by atoms with Gasteiger partial charge < -0.3 is 4.57 Å². The Morgan fingerprint density at radius 1 is 1.10 bits per heavy atom. The van der Waals surface area contributed by atoms with E-state index in [1.165, 1.54) is 50.4 Å². The van der Waals surface area contributed by atoms with Crippen molar-refractivity contribution in [2.75, 3.05) is 0 Å². The number of hydrogen-bond donors (Lipinski definition) is 0. The van der Waals surface area contributed by atoms with Gasteiger partial charge in [-0.1, -0.05) is 40.0 Å². The van der Waals surface area contributed by atoms with Crippen LogP contribution in [0.5, 0.6) is 0 Å². The van der Waals surface area contributed by atoms with E-state index >= 15 is 0 Å². The lowest BCUT2D eigenvalue weighted by Crippen LogP contribution is -2.22. The lowest BCUT2D eigenvalue weighted by molar-refractivity contribution is 0.313. The minimum Gasteiger partial charge on any atom is -0.327 e. The molecular formula is C24H28N4O2S. The molecule has 1 saturated carbocycles. The quantitative estimate of drug-likeness (QED) is 0.573. The van der Waals surface area contributed by atoms with Crippen molar-refractivity contribution >= 4 is 20.9 Å². The Bertz CT molecular complexity index is 1240. The molecule has 3 aromatic rings. The van der Waals surface area contributed by atoms with Crippen LogP contribution in [0.3, 0.4) is 0 Å². The smallest absolute Gasteiger partial charge is 0.208 e. The first-order chi connectivity index (χ1) is 14.7. The largest absolute Gasteiger partial charge is 0.327 e. The Labute approximate surface area is 183 Å². The Balaban J connectivity index is 1.77. The van der Waals surface area contributed by atoms with Gasteiger partial charge in [0.2, 0.25) is 9.84 Å². The van der Waals surface area contributed by atoms with Crippen LogP contribution in [0.25, 0.3) is 11.0 Å². The Kier molecular flexibility index (Phi) is 5.61. The fourth-order valence-corrected chi connectivity index (χ4v) is 5.63. The molecule has 162 valence electrons. The third kappa shape index (κ3) is 4.22. The summed E-state index contributed by atoms with van der Waals surface area (Å²) in [5, 5.41) is 8.91. The number of fused-ring (bicyclic) bond motifs is 1. The van der Waals surface area contributed by atoms with Gasteiger partial charge in [-0.15, -0.1) is 0 Å². The minimum atomic E-state index is -3.74. The highest BCUT2D eigenvalue weighted by Crippen LogP contribution is 2.32. The molecule has 4 rings (SSSR count). The average Bonchev–Trinajstić information content (AvgIpc) is 3.13. The van der Waals surface area contributed by atoms with Crippen molar-refractivity contribution in [3.05, 3.63) is 48.0 Å². The van der Waals surface area contributed by atoms with Gasteiger partial charge in [-0.2, -0.15) is 5.26 Å². The van der Waals surface area contributed by atoms with Gasteiger partial charge >= 0.3 is 0 Å². The summed E-state index contributed by atoms with van der Waals surface area (Å²) in [7, 11) is -3.74. The van der Waals surface area contributed by atoms with Gasteiger partial charge in [-0.05, 0) is 49.1 Å². The number of aromatic nitrogens is 3. The zero-order valence-electron chi connectivity index (χ0n) is 18.3. The second kappa shape index (κ2) is 8.08. The fraction of sp³-hybridized carbons (Fsp3) is 0.458. The monoisotopic (exact) mass is 436 g/mol. The molecule has 1 aliphatic rings. The summed E-state index contributed by atoms with van der Waals surface area (Å²) in [6, 6.07) is 9.95. The zero-order chi connectivity index (χ0) is 22.2. The molecule has 0 bridgehead atoms. The van der Waals surface area contributed by atoms with Crippen LogP contribution >= 0.6 is 0 Å². The van der Waals surface area contributed by atoms with Crippen LogP contribution in [-0.4, -0.2) is 23.0 Å². The fourth-order valence-electron chi connectivity index (χ4n) is 4.40. The second-order valence-corrected chi connectivity index (χ2v) is 11.4. The summed E-state index contributed by atoms with van der Waals surface area (Å²) in [6.45, 7) is 7.36. The molecule has 0 radical (unpaired) electrons. The molecule has 0 spiro atoms. The van der Waals surface area contributed by atoms with E-state index in [4.69, 9.17) is 10.2 Å². The Morgan fingerprint density at radius 3 is 2.42 bits per heavy atom. The van der Waals surface area contributed by atoms with Crippen molar-refractivity contribution in [1.82, 2.24) is 14.5 Å². The molecule has 0 aliphatic heterocycles. The van der Waals surface area contributed by atoms with E-state index in [-0.39, 0.29) is 20.9 Å². The molecule has 1 fully saturated rings. The first-order valence-corrected chi connectivity index (χ1v) is 12.3. The molecule has 31 heavy (non-hydrogen) atoms. The molecule has 0 atom stereocenters. The molecule has 6 nitrogen and oxygen atoms in total. The van der Waals surface area contributed by atoms with Gasteiger partial charge in [-0.3, -0.25) is 0 Å². The number of benzene rings is 1. The predicted molar refractivity (Wildman–Crippen MR) is 119 cm³/mol. The maximum absolute atomic E-state index is 13.1. The van der Waals surface area contributed by atoms with Crippen LogP contribution in [0.2, 0.25) is 0 Å². The van der Waals surface area contributed by atoms with Crippen LogP contribution in [-0.2, 0) is 21.8 Å². The maximum atomic E-state index is 13.1. The van der Waals surface area contributed by atoms with Crippen LogP contribution in [0.1, 0.15) is 64.4 Å². The van der Waals surface area contributed by atoms with E-state index in [1.807, 2.05) is 12.1 Å². The highest BCUT2D eigenvalue weighted by molar-refractivity contribution is 7.91. The molecule has 0 N–H and O–H groups in total. The van der Waals surface area contributed by atoms with Crippen LogP contribution in [0.4, 0.5) is 0 Å². The van der Waals surface area contributed by atoms with Gasteiger partial charge in [0, 0.05) is 18.2 Å². The topological polar surface area (TPSA) is 88.6 Å². The summed E-state index contributed by atoms with van der Waals surface area (Å²) >= 11 is 0. The van der Waals surface area contributed by atoms with Crippen molar-refractivity contribution in [3.8, 4) is 6.07 Å². The van der Waals surface area contributed by atoms with E-state index in [0.29, 0.717) is 11.4 Å². The van der Waals surface area contributed by atoms with Crippen molar-refractivity contribution in [2.24, 2.45) is 5.92 Å². The van der Waals surface area contributed by atoms with Crippen molar-refractivity contribution in [2.45, 2.75) is 74.6 Å². The number of imidazole rings is 1. The normalized spacial score (nSPS) is 15.8. The third-order valence-electron chi connectivity index (χ3n) is 6.03. The lowest BCUT2D eigenvalue weighted by Gasteiger charge is -2.26. The van der Waals surface area contributed by atoms with E-state index in [1.54, 1.807) is 12.1 Å². The first kappa shape index (κ1) is 21.5. The van der Waals surface area contributed by atoms with Crippen LogP contribution in [0.15, 0.2) is 46.3 Å². The molecule has 1 aliphatic carbocycles. The highest BCUT2D eigenvalue weighted by atomic mass is 32.2. The SMILES string of the molecule is CC(C)(C)c1nc2cc(S(=O)(=O)c3ccc(C#N)nc3)ccc2n1CC1CCCCC1. The van der Waals surface area contributed by atoms with E-state index in [9.17, 15) is 8.42 Å². The third-order valence-corrected chi connectivity index (χ3v) is 7.76.